The molecule has 0 atom stereocenters. The molecular weight excluding hydrogens is 211 g/mol. The van der Waals surface area contributed by atoms with Crippen LogP contribution in [0, 0.1) is 11.3 Å². The molecule has 0 aromatic rings. The Balaban J connectivity index is 0. The molecule has 0 aliphatic rings. The molecular formula is C7H19O6P. The molecule has 0 amide bonds. The Morgan fingerprint density at radius 3 is 1.14 bits per heavy atom. The number of rotatable bonds is 4. The molecule has 0 rings (SSSR count). The first-order valence-corrected chi connectivity index (χ1v) is 5.25. The SMILES string of the molecule is CC(C)C(CO)(CO)CO.OP(O)O. The second kappa shape index (κ2) is 8.49. The van der Waals surface area contributed by atoms with Gasteiger partial charge in [-0.2, -0.15) is 0 Å². The molecule has 7 heteroatoms. The van der Waals surface area contributed by atoms with Crippen LogP contribution in [0.4, 0.5) is 0 Å². The van der Waals surface area contributed by atoms with Crippen molar-refractivity contribution in [2.75, 3.05) is 19.8 Å². The smallest absolute Gasteiger partial charge is 0.324 e. The van der Waals surface area contributed by atoms with Crippen molar-refractivity contribution in [3.05, 3.63) is 0 Å². The van der Waals surface area contributed by atoms with Crippen LogP contribution in [0.25, 0.3) is 0 Å². The molecule has 6 nitrogen and oxygen atoms in total. The largest absolute Gasteiger partial charge is 0.396 e. The van der Waals surface area contributed by atoms with Gasteiger partial charge in [-0.3, -0.25) is 0 Å². The van der Waals surface area contributed by atoms with Gasteiger partial charge in [-0.15, -0.1) is 0 Å². The maximum Gasteiger partial charge on any atom is 0.324 e. The predicted octanol–water partition coefficient (Wildman–Crippen LogP) is -1.20. The summed E-state index contributed by atoms with van der Waals surface area (Å²) in [5.74, 6) is 0.0903. The van der Waals surface area contributed by atoms with Gasteiger partial charge in [0.15, 0.2) is 0 Å². The van der Waals surface area contributed by atoms with E-state index in [1.54, 1.807) is 0 Å². The molecule has 88 valence electrons. The lowest BCUT2D eigenvalue weighted by Crippen LogP contribution is -2.38. The Hall–Kier alpha value is 0.190. The predicted molar refractivity (Wildman–Crippen MR) is 52.1 cm³/mol. The molecule has 6 N–H and O–H groups in total. The van der Waals surface area contributed by atoms with Crippen molar-refractivity contribution in [2.45, 2.75) is 13.8 Å². The summed E-state index contributed by atoms with van der Waals surface area (Å²) in [4.78, 5) is 21.7. The minimum absolute atomic E-state index is 0.0903. The average Bonchev–Trinajstić information content (AvgIpc) is 2.07. The van der Waals surface area contributed by atoms with Gasteiger partial charge in [0.2, 0.25) is 0 Å². The molecule has 0 radical (unpaired) electrons. The van der Waals surface area contributed by atoms with Gasteiger partial charge in [0.05, 0.1) is 19.8 Å². The van der Waals surface area contributed by atoms with Crippen molar-refractivity contribution in [1.29, 1.82) is 0 Å². The van der Waals surface area contributed by atoms with E-state index >= 15 is 0 Å². The summed E-state index contributed by atoms with van der Waals surface area (Å²) in [7, 11) is -2.62. The average molecular weight is 230 g/mol. The van der Waals surface area contributed by atoms with E-state index in [0.717, 1.165) is 0 Å². The van der Waals surface area contributed by atoms with Gasteiger partial charge >= 0.3 is 8.60 Å². The Morgan fingerprint density at radius 2 is 1.14 bits per heavy atom. The highest BCUT2D eigenvalue weighted by Crippen LogP contribution is 2.25. The van der Waals surface area contributed by atoms with Crippen LogP contribution in [0.15, 0.2) is 0 Å². The molecule has 0 saturated heterocycles. The lowest BCUT2D eigenvalue weighted by molar-refractivity contribution is -0.0277. The Bertz CT molecular complexity index is 114. The highest BCUT2D eigenvalue weighted by molar-refractivity contribution is 7.38. The summed E-state index contributed by atoms with van der Waals surface area (Å²) in [6.45, 7) is 3.22. The molecule has 0 aliphatic carbocycles. The zero-order valence-corrected chi connectivity index (χ0v) is 9.22. The molecule has 0 heterocycles. The molecule has 0 aromatic heterocycles. The van der Waals surface area contributed by atoms with Crippen LogP contribution in [0.1, 0.15) is 13.8 Å². The lowest BCUT2D eigenvalue weighted by atomic mass is 9.79. The van der Waals surface area contributed by atoms with E-state index in [4.69, 9.17) is 30.0 Å². The van der Waals surface area contributed by atoms with Crippen LogP contribution in [0.5, 0.6) is 0 Å². The summed E-state index contributed by atoms with van der Waals surface area (Å²) in [5.41, 5.74) is -0.708. The van der Waals surface area contributed by atoms with Crippen LogP contribution in [0.2, 0.25) is 0 Å². The fourth-order valence-corrected chi connectivity index (χ4v) is 0.698. The van der Waals surface area contributed by atoms with Gasteiger partial charge in [-0.25, -0.2) is 0 Å². The van der Waals surface area contributed by atoms with Crippen molar-refractivity contribution in [3.8, 4) is 0 Å². The first-order chi connectivity index (χ1) is 6.36. The second-order valence-corrected chi connectivity index (χ2v) is 3.80. The van der Waals surface area contributed by atoms with Gasteiger partial charge in [0.1, 0.15) is 0 Å². The van der Waals surface area contributed by atoms with Gasteiger partial charge in [-0.1, -0.05) is 13.8 Å². The highest BCUT2D eigenvalue weighted by atomic mass is 31.2. The van der Waals surface area contributed by atoms with E-state index < -0.39 is 14.0 Å². The topological polar surface area (TPSA) is 121 Å². The molecule has 0 saturated carbocycles. The molecule has 0 bridgehead atoms. The van der Waals surface area contributed by atoms with Gasteiger partial charge in [-0.05, 0) is 5.92 Å². The molecule has 0 spiro atoms. The normalized spacial score (nSPS) is 11.6. The van der Waals surface area contributed by atoms with Crippen molar-refractivity contribution < 1.29 is 30.0 Å². The minimum atomic E-state index is -2.62. The fourth-order valence-electron chi connectivity index (χ4n) is 0.698. The monoisotopic (exact) mass is 230 g/mol. The number of hydrogen-bond donors (Lipinski definition) is 6. The standard InChI is InChI=1S/C7H16O3.H3O3P/c1-6(2)7(3-8,4-9)5-10;1-4(2)3/h6,8-10H,3-5H2,1-2H3;1-3H. The van der Waals surface area contributed by atoms with Gasteiger partial charge in [0, 0.05) is 5.41 Å². The van der Waals surface area contributed by atoms with E-state index in [1.807, 2.05) is 13.8 Å². The van der Waals surface area contributed by atoms with Crippen LogP contribution in [0.3, 0.4) is 0 Å². The van der Waals surface area contributed by atoms with E-state index in [2.05, 4.69) is 0 Å². The van der Waals surface area contributed by atoms with Crippen molar-refractivity contribution in [2.24, 2.45) is 11.3 Å². The molecule has 0 aromatic carbocycles. The number of hydrogen-bond acceptors (Lipinski definition) is 6. The number of aliphatic hydroxyl groups is 3. The van der Waals surface area contributed by atoms with E-state index in [-0.39, 0.29) is 25.7 Å². The van der Waals surface area contributed by atoms with E-state index in [0.29, 0.717) is 0 Å². The van der Waals surface area contributed by atoms with Crippen LogP contribution >= 0.6 is 8.60 Å². The van der Waals surface area contributed by atoms with Gasteiger partial charge < -0.3 is 30.0 Å². The Morgan fingerprint density at radius 1 is 0.929 bits per heavy atom. The third kappa shape index (κ3) is 6.62. The summed E-state index contributed by atoms with van der Waals surface area (Å²) in [5, 5.41) is 26.5. The maximum absolute atomic E-state index is 8.83. The van der Waals surface area contributed by atoms with Crippen LogP contribution in [-0.4, -0.2) is 49.8 Å². The highest BCUT2D eigenvalue weighted by Gasteiger charge is 2.31. The first kappa shape index (κ1) is 16.6. The lowest BCUT2D eigenvalue weighted by Gasteiger charge is -2.31. The summed E-state index contributed by atoms with van der Waals surface area (Å²) in [6, 6.07) is 0. The molecule has 0 aliphatic heterocycles. The summed E-state index contributed by atoms with van der Waals surface area (Å²) in [6.07, 6.45) is 0. The van der Waals surface area contributed by atoms with Crippen LogP contribution in [-0.2, 0) is 0 Å². The zero-order chi connectivity index (χ0) is 11.8. The zero-order valence-electron chi connectivity index (χ0n) is 8.33. The third-order valence-electron chi connectivity index (χ3n) is 2.17. The van der Waals surface area contributed by atoms with Crippen molar-refractivity contribution >= 4 is 8.60 Å². The second-order valence-electron chi connectivity index (χ2n) is 3.26. The first-order valence-electron chi connectivity index (χ1n) is 4.05. The van der Waals surface area contributed by atoms with Gasteiger partial charge in [0.25, 0.3) is 0 Å². The van der Waals surface area contributed by atoms with E-state index in [9.17, 15) is 0 Å². The van der Waals surface area contributed by atoms with Crippen molar-refractivity contribution in [3.63, 3.8) is 0 Å². The fraction of sp³-hybridized carbons (Fsp3) is 1.00. The summed E-state index contributed by atoms with van der Waals surface area (Å²) >= 11 is 0. The Kier molecular flexibility index (Phi) is 10.1. The van der Waals surface area contributed by atoms with Crippen LogP contribution < -0.4 is 0 Å². The minimum Gasteiger partial charge on any atom is -0.396 e. The molecule has 0 fully saturated rings. The number of aliphatic hydroxyl groups excluding tert-OH is 3. The van der Waals surface area contributed by atoms with E-state index in [1.165, 1.54) is 0 Å². The quantitative estimate of drug-likeness (QED) is 0.337. The van der Waals surface area contributed by atoms with Crippen molar-refractivity contribution in [1.82, 2.24) is 0 Å². The third-order valence-corrected chi connectivity index (χ3v) is 2.17. The molecule has 0 unspecified atom stereocenters. The Labute approximate surface area is 84.5 Å². The maximum atomic E-state index is 8.83. The summed E-state index contributed by atoms with van der Waals surface area (Å²) < 4.78 is 0. The molecule has 14 heavy (non-hydrogen) atoms.